The first-order chi connectivity index (χ1) is 6.76. The molecule has 0 fully saturated rings. The van der Waals surface area contributed by atoms with Gasteiger partial charge in [-0.2, -0.15) is 0 Å². The maximum Gasteiger partial charge on any atom is 0.135 e. The first kappa shape index (κ1) is 8.63. The van der Waals surface area contributed by atoms with Gasteiger partial charge in [-0.05, 0) is 24.3 Å². The summed E-state index contributed by atoms with van der Waals surface area (Å²) in [5.74, 6) is 0.901. The van der Waals surface area contributed by atoms with E-state index in [1.807, 2.05) is 0 Å². The number of benzene rings is 1. The predicted octanol–water partition coefficient (Wildman–Crippen LogP) is 3.42. The van der Waals surface area contributed by atoms with Gasteiger partial charge in [-0.15, -0.1) is 0 Å². The molecule has 1 aromatic heterocycles. The van der Waals surface area contributed by atoms with E-state index < -0.39 is 0 Å². The molecule has 2 aromatic rings. The Balaban J connectivity index is 2.87. The number of furan rings is 1. The van der Waals surface area contributed by atoms with Gasteiger partial charge in [0.1, 0.15) is 17.1 Å². The normalized spacial score (nSPS) is 10.3. The molecule has 0 bridgehead atoms. The van der Waals surface area contributed by atoms with Gasteiger partial charge in [-0.3, -0.25) is 0 Å². The minimum Gasteiger partial charge on any atom is -0.508 e. The number of aromatic hydroxyl groups is 1. The van der Waals surface area contributed by atoms with Crippen LogP contribution in [-0.4, -0.2) is 5.11 Å². The average molecular weight is 186 g/mol. The van der Waals surface area contributed by atoms with Crippen LogP contribution in [0, 0.1) is 0 Å². The second-order valence-electron chi connectivity index (χ2n) is 2.97. The largest absolute Gasteiger partial charge is 0.508 e. The summed E-state index contributed by atoms with van der Waals surface area (Å²) in [4.78, 5) is 0. The maximum atomic E-state index is 9.33. The number of hydrogen-bond acceptors (Lipinski definition) is 2. The molecule has 0 radical (unpaired) electrons. The monoisotopic (exact) mass is 186 g/mol. The molecule has 0 atom stereocenters. The van der Waals surface area contributed by atoms with Gasteiger partial charge in [-0.25, -0.2) is 0 Å². The second-order valence-corrected chi connectivity index (χ2v) is 2.97. The average Bonchev–Trinajstić information content (AvgIpc) is 2.54. The van der Waals surface area contributed by atoms with Crippen molar-refractivity contribution in [2.24, 2.45) is 0 Å². The van der Waals surface area contributed by atoms with Crippen LogP contribution < -0.4 is 0 Å². The molecule has 0 unspecified atom stereocenters. The Hall–Kier alpha value is -1.96. The maximum absolute atomic E-state index is 9.33. The Kier molecular flexibility index (Phi) is 1.89. The molecule has 2 nitrogen and oxygen atoms in total. The third kappa shape index (κ3) is 1.12. The molecule has 70 valence electrons. The number of hydrogen-bond donors (Lipinski definition) is 1. The van der Waals surface area contributed by atoms with E-state index in [0.29, 0.717) is 5.76 Å². The van der Waals surface area contributed by atoms with E-state index in [9.17, 15) is 5.11 Å². The zero-order chi connectivity index (χ0) is 10.1. The van der Waals surface area contributed by atoms with E-state index in [-0.39, 0.29) is 5.75 Å². The number of phenolic OH excluding ortho intramolecular Hbond substituents is 1. The summed E-state index contributed by atoms with van der Waals surface area (Å²) in [5, 5.41) is 10.2. The zero-order valence-electron chi connectivity index (χ0n) is 7.66. The lowest BCUT2D eigenvalue weighted by molar-refractivity contribution is 0.476. The summed E-state index contributed by atoms with van der Waals surface area (Å²) >= 11 is 0. The quantitative estimate of drug-likeness (QED) is 0.779. The molecule has 0 aliphatic carbocycles. The van der Waals surface area contributed by atoms with Crippen LogP contribution in [0.2, 0.25) is 0 Å². The molecule has 1 heterocycles. The van der Waals surface area contributed by atoms with Crippen molar-refractivity contribution >= 4 is 23.1 Å². The van der Waals surface area contributed by atoms with Gasteiger partial charge in [0.25, 0.3) is 0 Å². The Labute approximate surface area is 81.8 Å². The molecule has 0 aliphatic rings. The fraction of sp³-hybridized carbons (Fsp3) is 0. The summed E-state index contributed by atoms with van der Waals surface area (Å²) in [7, 11) is 0. The molecule has 0 aliphatic heterocycles. The third-order valence-electron chi connectivity index (χ3n) is 2.13. The van der Waals surface area contributed by atoms with Crippen molar-refractivity contribution in [1.29, 1.82) is 0 Å². The summed E-state index contributed by atoms with van der Waals surface area (Å²) in [5.41, 5.74) is 1.60. The highest BCUT2D eigenvalue weighted by molar-refractivity contribution is 5.91. The Morgan fingerprint density at radius 1 is 1.21 bits per heavy atom. The number of fused-ring (bicyclic) bond motifs is 1. The van der Waals surface area contributed by atoms with Gasteiger partial charge >= 0.3 is 0 Å². The standard InChI is InChI=1S/C12H10O2/c1-3-9-10-7-8(13)5-6-12(10)14-11(9)4-2/h3-7,13H,1-2H2. The van der Waals surface area contributed by atoms with E-state index in [2.05, 4.69) is 13.2 Å². The van der Waals surface area contributed by atoms with Gasteiger partial charge in [-0.1, -0.05) is 19.2 Å². The van der Waals surface area contributed by atoms with Crippen LogP contribution in [0.25, 0.3) is 23.1 Å². The van der Waals surface area contributed by atoms with Crippen molar-refractivity contribution < 1.29 is 9.52 Å². The summed E-state index contributed by atoms with van der Waals surface area (Å²) < 4.78 is 5.49. The van der Waals surface area contributed by atoms with Crippen molar-refractivity contribution in [3.63, 3.8) is 0 Å². The van der Waals surface area contributed by atoms with Gasteiger partial charge in [0.15, 0.2) is 0 Å². The summed E-state index contributed by atoms with van der Waals surface area (Å²) in [6.07, 6.45) is 3.33. The Bertz CT molecular complexity index is 506. The molecule has 2 rings (SSSR count). The Morgan fingerprint density at radius 3 is 2.64 bits per heavy atom. The third-order valence-corrected chi connectivity index (χ3v) is 2.13. The smallest absolute Gasteiger partial charge is 0.135 e. The Morgan fingerprint density at radius 2 is 2.00 bits per heavy atom. The highest BCUT2D eigenvalue weighted by Gasteiger charge is 2.08. The second kappa shape index (κ2) is 3.07. The minimum absolute atomic E-state index is 0.219. The van der Waals surface area contributed by atoms with Crippen molar-refractivity contribution in [1.82, 2.24) is 0 Å². The van der Waals surface area contributed by atoms with E-state index in [4.69, 9.17) is 4.42 Å². The summed E-state index contributed by atoms with van der Waals surface area (Å²) in [6, 6.07) is 4.97. The predicted molar refractivity (Wildman–Crippen MR) is 58.1 cm³/mol. The molecule has 0 amide bonds. The van der Waals surface area contributed by atoms with Crippen LogP contribution >= 0.6 is 0 Å². The van der Waals surface area contributed by atoms with Crippen LogP contribution in [0.1, 0.15) is 11.3 Å². The molecule has 0 saturated carbocycles. The van der Waals surface area contributed by atoms with Gasteiger partial charge in [0.2, 0.25) is 0 Å². The molecular weight excluding hydrogens is 176 g/mol. The highest BCUT2D eigenvalue weighted by Crippen LogP contribution is 2.30. The molecule has 1 aromatic carbocycles. The highest BCUT2D eigenvalue weighted by atomic mass is 16.3. The van der Waals surface area contributed by atoms with E-state index in [1.165, 1.54) is 0 Å². The van der Waals surface area contributed by atoms with Crippen LogP contribution in [0.3, 0.4) is 0 Å². The van der Waals surface area contributed by atoms with Gasteiger partial charge in [0.05, 0.1) is 0 Å². The van der Waals surface area contributed by atoms with Crippen molar-refractivity contribution in [2.75, 3.05) is 0 Å². The summed E-state index contributed by atoms with van der Waals surface area (Å²) in [6.45, 7) is 7.36. The molecule has 0 saturated heterocycles. The SMILES string of the molecule is C=Cc1oc2ccc(O)cc2c1C=C. The lowest BCUT2D eigenvalue weighted by Crippen LogP contribution is -1.71. The van der Waals surface area contributed by atoms with E-state index in [0.717, 1.165) is 16.5 Å². The molecule has 0 spiro atoms. The first-order valence-corrected chi connectivity index (χ1v) is 4.26. The molecule has 14 heavy (non-hydrogen) atoms. The van der Waals surface area contributed by atoms with Crippen molar-refractivity contribution in [3.8, 4) is 5.75 Å². The molecule has 1 N–H and O–H groups in total. The van der Waals surface area contributed by atoms with Gasteiger partial charge in [0, 0.05) is 10.9 Å². The van der Waals surface area contributed by atoms with E-state index >= 15 is 0 Å². The van der Waals surface area contributed by atoms with Crippen molar-refractivity contribution in [2.45, 2.75) is 0 Å². The first-order valence-electron chi connectivity index (χ1n) is 4.26. The zero-order valence-corrected chi connectivity index (χ0v) is 7.66. The lowest BCUT2D eigenvalue weighted by atomic mass is 10.1. The van der Waals surface area contributed by atoms with Crippen LogP contribution in [0.15, 0.2) is 35.8 Å². The van der Waals surface area contributed by atoms with E-state index in [1.54, 1.807) is 30.4 Å². The topological polar surface area (TPSA) is 33.4 Å². The number of rotatable bonds is 2. The van der Waals surface area contributed by atoms with Crippen LogP contribution in [0.5, 0.6) is 5.75 Å². The van der Waals surface area contributed by atoms with Gasteiger partial charge < -0.3 is 9.52 Å². The molecule has 2 heteroatoms. The van der Waals surface area contributed by atoms with Crippen LogP contribution in [-0.2, 0) is 0 Å². The fourth-order valence-corrected chi connectivity index (χ4v) is 1.49. The number of phenols is 1. The minimum atomic E-state index is 0.219. The molecular formula is C12H10O2. The lowest BCUT2D eigenvalue weighted by Gasteiger charge is -1.91. The van der Waals surface area contributed by atoms with Crippen molar-refractivity contribution in [3.05, 3.63) is 42.7 Å². The fourth-order valence-electron chi connectivity index (χ4n) is 1.49. The van der Waals surface area contributed by atoms with Crippen LogP contribution in [0.4, 0.5) is 0 Å².